The van der Waals surface area contributed by atoms with Crippen LogP contribution in [0.3, 0.4) is 0 Å². The molecule has 0 heterocycles. The number of allylic oxidation sites excluding steroid dienone is 1. The molecule has 0 atom stereocenters. The molecule has 0 radical (unpaired) electrons. The van der Waals surface area contributed by atoms with Gasteiger partial charge in [0.1, 0.15) is 5.75 Å². The Kier molecular flexibility index (Phi) is 7.97. The van der Waals surface area contributed by atoms with E-state index in [0.29, 0.717) is 39.0 Å². The van der Waals surface area contributed by atoms with E-state index < -0.39 is 5.97 Å². The average Bonchev–Trinajstić information content (AvgIpc) is 2.74. The Labute approximate surface area is 173 Å². The van der Waals surface area contributed by atoms with Crippen LogP contribution in [0.25, 0.3) is 6.08 Å². The lowest BCUT2D eigenvalue weighted by Crippen LogP contribution is -2.00. The van der Waals surface area contributed by atoms with Crippen molar-refractivity contribution in [2.24, 2.45) is 0 Å². The second-order valence-electron chi connectivity index (χ2n) is 5.70. The van der Waals surface area contributed by atoms with Crippen LogP contribution >= 0.6 is 11.8 Å². The molecule has 0 unspecified atom stereocenters. The summed E-state index contributed by atoms with van der Waals surface area (Å²) in [5.41, 5.74) is 1.12. The van der Waals surface area contributed by atoms with E-state index in [1.54, 1.807) is 36.4 Å². The average molecular weight is 418 g/mol. The summed E-state index contributed by atoms with van der Waals surface area (Å²) in [5.74, 6) is 0.643. The van der Waals surface area contributed by atoms with Crippen LogP contribution < -0.4 is 18.9 Å². The molecule has 0 amide bonds. The van der Waals surface area contributed by atoms with Crippen molar-refractivity contribution in [3.05, 3.63) is 47.5 Å². The number of carboxylic acids is 1. The summed E-state index contributed by atoms with van der Waals surface area (Å²) in [6.45, 7) is 0. The van der Waals surface area contributed by atoms with Crippen LogP contribution in [0.4, 0.5) is 0 Å². The van der Waals surface area contributed by atoms with Crippen molar-refractivity contribution in [1.82, 2.24) is 0 Å². The number of benzene rings is 2. The monoisotopic (exact) mass is 418 g/mol. The second-order valence-corrected chi connectivity index (χ2v) is 6.72. The van der Waals surface area contributed by atoms with Gasteiger partial charge in [-0.1, -0.05) is 6.08 Å². The molecule has 29 heavy (non-hydrogen) atoms. The number of hydrogen-bond donors (Lipinski definition) is 1. The number of carboxylic acid groups (broad SMARTS) is 1. The molecule has 2 aromatic rings. The minimum absolute atomic E-state index is 0.0926. The highest BCUT2D eigenvalue weighted by Crippen LogP contribution is 2.38. The zero-order valence-electron chi connectivity index (χ0n) is 16.6. The van der Waals surface area contributed by atoms with Crippen molar-refractivity contribution >= 4 is 29.6 Å². The van der Waals surface area contributed by atoms with Crippen molar-refractivity contribution in [1.29, 1.82) is 0 Å². The fourth-order valence-corrected chi connectivity index (χ4v) is 3.27. The summed E-state index contributed by atoms with van der Waals surface area (Å²) in [4.78, 5) is 24.0. The maximum atomic E-state index is 12.6. The summed E-state index contributed by atoms with van der Waals surface area (Å²) >= 11 is 1.13. The molecule has 1 N–H and O–H groups in total. The third-order valence-corrected chi connectivity index (χ3v) is 4.95. The van der Waals surface area contributed by atoms with Gasteiger partial charge in [-0.25, -0.2) is 0 Å². The van der Waals surface area contributed by atoms with E-state index in [1.165, 1.54) is 34.5 Å². The molecule has 8 heteroatoms. The fraction of sp³-hybridized carbons (Fsp3) is 0.238. The second kappa shape index (κ2) is 10.4. The molecule has 0 aromatic heterocycles. The molecule has 0 saturated heterocycles. The summed E-state index contributed by atoms with van der Waals surface area (Å²) in [6, 6.07) is 8.36. The molecule has 0 fully saturated rings. The van der Waals surface area contributed by atoms with Crippen molar-refractivity contribution in [2.45, 2.75) is 4.90 Å². The van der Waals surface area contributed by atoms with Gasteiger partial charge >= 0.3 is 5.97 Å². The topological polar surface area (TPSA) is 91.3 Å². The molecule has 0 saturated carbocycles. The summed E-state index contributed by atoms with van der Waals surface area (Å²) in [6.07, 6.45) is 3.08. The molecular formula is C21H22O7S. The molecule has 0 bridgehead atoms. The van der Waals surface area contributed by atoms with E-state index in [9.17, 15) is 9.59 Å². The predicted molar refractivity (Wildman–Crippen MR) is 111 cm³/mol. The Morgan fingerprint density at radius 2 is 1.55 bits per heavy atom. The highest BCUT2D eigenvalue weighted by Gasteiger charge is 2.13. The highest BCUT2D eigenvalue weighted by atomic mass is 32.2. The summed E-state index contributed by atoms with van der Waals surface area (Å²) in [7, 11) is 6.03. The lowest BCUT2D eigenvalue weighted by molar-refractivity contribution is -0.133. The molecular weight excluding hydrogens is 396 g/mol. The molecule has 0 aliphatic carbocycles. The van der Waals surface area contributed by atoms with E-state index in [2.05, 4.69) is 0 Å². The zero-order valence-corrected chi connectivity index (χ0v) is 17.4. The first kappa shape index (κ1) is 22.2. The van der Waals surface area contributed by atoms with Gasteiger partial charge in [0.25, 0.3) is 0 Å². The van der Waals surface area contributed by atoms with Crippen molar-refractivity contribution in [3.8, 4) is 23.0 Å². The van der Waals surface area contributed by atoms with Crippen LogP contribution in [0.2, 0.25) is 0 Å². The number of carbonyl (C=O) groups is 2. The van der Waals surface area contributed by atoms with Gasteiger partial charge in [0.15, 0.2) is 17.3 Å². The van der Waals surface area contributed by atoms with Crippen LogP contribution in [0, 0.1) is 0 Å². The normalized spacial score (nSPS) is 10.6. The SMILES string of the molecule is COc1cc(C(=O)C=Cc2cc(OC)c(OC)c(OC)c2)ccc1SCC(=O)O. The largest absolute Gasteiger partial charge is 0.496 e. The van der Waals surface area contributed by atoms with Crippen molar-refractivity contribution in [3.63, 3.8) is 0 Å². The van der Waals surface area contributed by atoms with Gasteiger partial charge in [0.2, 0.25) is 5.75 Å². The minimum atomic E-state index is -0.925. The number of ether oxygens (including phenoxy) is 4. The maximum Gasteiger partial charge on any atom is 0.313 e. The fourth-order valence-electron chi connectivity index (χ4n) is 2.55. The summed E-state index contributed by atoms with van der Waals surface area (Å²) < 4.78 is 21.2. The van der Waals surface area contributed by atoms with Crippen molar-refractivity contribution in [2.75, 3.05) is 34.2 Å². The number of rotatable bonds is 10. The smallest absolute Gasteiger partial charge is 0.313 e. The summed E-state index contributed by atoms with van der Waals surface area (Å²) in [5, 5.41) is 8.82. The van der Waals surface area contributed by atoms with Crippen LogP contribution in [0.15, 0.2) is 41.3 Å². The number of methoxy groups -OCH3 is 4. The highest BCUT2D eigenvalue weighted by molar-refractivity contribution is 8.00. The number of carbonyl (C=O) groups excluding carboxylic acids is 1. The standard InChI is InChI=1S/C21H22O7S/c1-25-16-11-14(6-8-19(16)29-12-20(23)24)15(22)7-5-13-9-17(26-2)21(28-4)18(10-13)27-3/h5-11H,12H2,1-4H3,(H,23,24). The van der Waals surface area contributed by atoms with Gasteiger partial charge in [0.05, 0.1) is 34.2 Å². The van der Waals surface area contributed by atoms with E-state index >= 15 is 0 Å². The molecule has 0 aliphatic rings. The lowest BCUT2D eigenvalue weighted by atomic mass is 10.1. The number of thioether (sulfide) groups is 1. The van der Waals surface area contributed by atoms with Crippen LogP contribution in [-0.2, 0) is 4.79 Å². The first-order valence-corrected chi connectivity index (χ1v) is 9.47. The maximum absolute atomic E-state index is 12.6. The molecule has 2 aromatic carbocycles. The van der Waals surface area contributed by atoms with E-state index in [1.807, 2.05) is 0 Å². The molecule has 7 nitrogen and oxygen atoms in total. The lowest BCUT2D eigenvalue weighted by Gasteiger charge is -2.12. The Morgan fingerprint density at radius 3 is 2.07 bits per heavy atom. The van der Waals surface area contributed by atoms with Gasteiger partial charge in [-0.3, -0.25) is 9.59 Å². The van der Waals surface area contributed by atoms with Crippen LogP contribution in [0.1, 0.15) is 15.9 Å². The Hall–Kier alpha value is -3.13. The quantitative estimate of drug-likeness (QED) is 0.354. The minimum Gasteiger partial charge on any atom is -0.496 e. The third-order valence-electron chi connectivity index (χ3n) is 3.91. The first-order chi connectivity index (χ1) is 13.9. The van der Waals surface area contributed by atoms with Gasteiger partial charge in [0, 0.05) is 10.5 Å². The van der Waals surface area contributed by atoms with E-state index in [-0.39, 0.29) is 11.5 Å². The van der Waals surface area contributed by atoms with E-state index in [4.69, 9.17) is 24.1 Å². The third kappa shape index (κ3) is 5.68. The molecule has 154 valence electrons. The number of ketones is 1. The Morgan fingerprint density at radius 1 is 0.931 bits per heavy atom. The van der Waals surface area contributed by atoms with Gasteiger partial charge in [-0.15, -0.1) is 11.8 Å². The first-order valence-electron chi connectivity index (χ1n) is 8.48. The zero-order chi connectivity index (χ0) is 21.4. The van der Waals surface area contributed by atoms with Crippen LogP contribution in [0.5, 0.6) is 23.0 Å². The Balaban J connectivity index is 2.25. The predicted octanol–water partition coefficient (Wildman–Crippen LogP) is 3.79. The van der Waals surface area contributed by atoms with Gasteiger partial charge < -0.3 is 24.1 Å². The van der Waals surface area contributed by atoms with E-state index in [0.717, 1.165) is 11.8 Å². The van der Waals surface area contributed by atoms with Gasteiger partial charge in [-0.2, -0.15) is 0 Å². The Bertz CT molecular complexity index is 896. The van der Waals surface area contributed by atoms with Crippen molar-refractivity contribution < 1.29 is 33.6 Å². The molecule has 0 aliphatic heterocycles. The van der Waals surface area contributed by atoms with Gasteiger partial charge in [-0.05, 0) is 42.0 Å². The molecule has 2 rings (SSSR count). The van der Waals surface area contributed by atoms with Crippen LogP contribution in [-0.4, -0.2) is 51.1 Å². The molecule has 0 spiro atoms. The number of hydrogen-bond acceptors (Lipinski definition) is 7. The number of aliphatic carboxylic acids is 1.